The molecule has 2 aromatic rings. The second kappa shape index (κ2) is 3.14. The number of imidazole rings is 1. The molecule has 0 aliphatic rings. The van der Waals surface area contributed by atoms with Gasteiger partial charge < -0.3 is 9.51 Å². The maximum atomic E-state index is 10.6. The van der Waals surface area contributed by atoms with E-state index in [1.165, 1.54) is 6.20 Å². The van der Waals surface area contributed by atoms with Crippen LogP contribution in [0.4, 0.5) is 0 Å². The molecule has 0 unspecified atom stereocenters. The van der Waals surface area contributed by atoms with Gasteiger partial charge in [-0.25, -0.2) is 9.78 Å². The minimum absolute atomic E-state index is 0.0817. The first-order chi connectivity index (χ1) is 6.70. The molecule has 14 heavy (non-hydrogen) atoms. The first-order valence-corrected chi connectivity index (χ1v) is 4.41. The number of pyridine rings is 1. The Balaban J connectivity index is 2.60. The van der Waals surface area contributed by atoms with Crippen molar-refractivity contribution in [1.29, 1.82) is 0 Å². The molecule has 0 radical (unpaired) electrons. The monoisotopic (exact) mass is 190 g/mol. The van der Waals surface area contributed by atoms with Crippen LogP contribution in [-0.4, -0.2) is 20.5 Å². The van der Waals surface area contributed by atoms with E-state index in [1.54, 1.807) is 4.40 Å². The van der Waals surface area contributed by atoms with Crippen molar-refractivity contribution in [3.8, 4) is 0 Å². The van der Waals surface area contributed by atoms with Gasteiger partial charge in [0.1, 0.15) is 5.65 Å². The molecular formula is C10H10N2O2. The molecule has 4 heteroatoms. The lowest BCUT2D eigenvalue weighted by atomic mass is 10.2. The summed E-state index contributed by atoms with van der Waals surface area (Å²) in [5.41, 5.74) is 1.91. The van der Waals surface area contributed by atoms with Crippen LogP contribution in [0, 0.1) is 0 Å². The molecule has 72 valence electrons. The summed E-state index contributed by atoms with van der Waals surface area (Å²) in [5.74, 6) is -0.994. The van der Waals surface area contributed by atoms with Crippen LogP contribution in [0.25, 0.3) is 5.65 Å². The van der Waals surface area contributed by atoms with Crippen LogP contribution in [-0.2, 0) is 6.42 Å². The molecule has 0 aromatic carbocycles. The Morgan fingerprint density at radius 2 is 2.29 bits per heavy atom. The van der Waals surface area contributed by atoms with Gasteiger partial charge in [0.15, 0.2) is 5.69 Å². The number of aromatic nitrogens is 2. The molecule has 0 fully saturated rings. The minimum Gasteiger partial charge on any atom is -0.476 e. The maximum Gasteiger partial charge on any atom is 0.356 e. The minimum atomic E-state index is -0.994. The van der Waals surface area contributed by atoms with Crippen LogP contribution >= 0.6 is 0 Å². The van der Waals surface area contributed by atoms with Gasteiger partial charge in [0.05, 0.1) is 0 Å². The molecular weight excluding hydrogens is 180 g/mol. The molecule has 1 N–H and O–H groups in total. The van der Waals surface area contributed by atoms with Crippen molar-refractivity contribution in [2.45, 2.75) is 13.3 Å². The van der Waals surface area contributed by atoms with Crippen LogP contribution < -0.4 is 0 Å². The van der Waals surface area contributed by atoms with Gasteiger partial charge in [-0.3, -0.25) is 0 Å². The zero-order chi connectivity index (χ0) is 10.1. The molecule has 2 rings (SSSR count). The van der Waals surface area contributed by atoms with E-state index in [4.69, 9.17) is 5.11 Å². The highest BCUT2D eigenvalue weighted by atomic mass is 16.4. The summed E-state index contributed by atoms with van der Waals surface area (Å²) in [4.78, 5) is 14.6. The topological polar surface area (TPSA) is 54.6 Å². The number of aryl methyl sites for hydroxylation is 1. The Kier molecular flexibility index (Phi) is 1.96. The summed E-state index contributed by atoms with van der Waals surface area (Å²) in [5, 5.41) is 8.74. The lowest BCUT2D eigenvalue weighted by molar-refractivity contribution is 0.0691. The van der Waals surface area contributed by atoms with E-state index in [9.17, 15) is 4.79 Å². The number of nitrogens with zero attached hydrogens (tertiary/aromatic N) is 2. The SMILES string of the molecule is CCc1ccc2nc(C(=O)O)cn2c1. The normalized spacial score (nSPS) is 10.6. The Labute approximate surface area is 80.8 Å². The fourth-order valence-corrected chi connectivity index (χ4v) is 1.35. The smallest absolute Gasteiger partial charge is 0.356 e. The van der Waals surface area contributed by atoms with Gasteiger partial charge in [-0.2, -0.15) is 0 Å². The molecule has 0 bridgehead atoms. The van der Waals surface area contributed by atoms with Crippen molar-refractivity contribution in [3.63, 3.8) is 0 Å². The van der Waals surface area contributed by atoms with E-state index in [0.717, 1.165) is 12.0 Å². The molecule has 2 heterocycles. The second-order valence-electron chi connectivity index (χ2n) is 3.09. The van der Waals surface area contributed by atoms with E-state index in [0.29, 0.717) is 5.65 Å². The molecule has 0 spiro atoms. The van der Waals surface area contributed by atoms with Crippen LogP contribution in [0.15, 0.2) is 24.5 Å². The summed E-state index contributed by atoms with van der Waals surface area (Å²) in [6, 6.07) is 3.78. The molecule has 0 amide bonds. The van der Waals surface area contributed by atoms with E-state index in [1.807, 2.05) is 18.3 Å². The number of fused-ring (bicyclic) bond motifs is 1. The number of carboxylic acid groups (broad SMARTS) is 1. The number of hydrogen-bond acceptors (Lipinski definition) is 2. The van der Waals surface area contributed by atoms with E-state index < -0.39 is 5.97 Å². The van der Waals surface area contributed by atoms with Gasteiger partial charge in [0.2, 0.25) is 0 Å². The zero-order valence-electron chi connectivity index (χ0n) is 7.77. The fraction of sp³-hybridized carbons (Fsp3) is 0.200. The molecule has 0 saturated carbocycles. The van der Waals surface area contributed by atoms with Crippen molar-refractivity contribution in [2.75, 3.05) is 0 Å². The third-order valence-corrected chi connectivity index (χ3v) is 2.14. The molecule has 0 aliphatic carbocycles. The highest BCUT2D eigenvalue weighted by molar-refractivity contribution is 5.86. The highest BCUT2D eigenvalue weighted by Gasteiger charge is 2.07. The van der Waals surface area contributed by atoms with Crippen LogP contribution in [0.1, 0.15) is 23.0 Å². The predicted molar refractivity (Wildman–Crippen MR) is 51.5 cm³/mol. The van der Waals surface area contributed by atoms with Gasteiger partial charge in [0.25, 0.3) is 0 Å². The number of rotatable bonds is 2. The van der Waals surface area contributed by atoms with Gasteiger partial charge >= 0.3 is 5.97 Å². The average molecular weight is 190 g/mol. The quantitative estimate of drug-likeness (QED) is 0.782. The third-order valence-electron chi connectivity index (χ3n) is 2.14. The van der Waals surface area contributed by atoms with Crippen molar-refractivity contribution in [2.24, 2.45) is 0 Å². The highest BCUT2D eigenvalue weighted by Crippen LogP contribution is 2.08. The Bertz CT molecular complexity index is 488. The molecule has 4 nitrogen and oxygen atoms in total. The zero-order valence-corrected chi connectivity index (χ0v) is 7.77. The lowest BCUT2D eigenvalue weighted by Crippen LogP contribution is -1.94. The number of aromatic carboxylic acids is 1. The first kappa shape index (κ1) is 8.74. The Hall–Kier alpha value is -1.84. The number of hydrogen-bond donors (Lipinski definition) is 1. The van der Waals surface area contributed by atoms with E-state index in [-0.39, 0.29) is 5.69 Å². The summed E-state index contributed by atoms with van der Waals surface area (Å²) >= 11 is 0. The average Bonchev–Trinajstić information content (AvgIpc) is 2.59. The summed E-state index contributed by atoms with van der Waals surface area (Å²) in [6.45, 7) is 2.05. The predicted octanol–water partition coefficient (Wildman–Crippen LogP) is 1.59. The van der Waals surface area contributed by atoms with Crippen molar-refractivity contribution < 1.29 is 9.90 Å². The van der Waals surface area contributed by atoms with Crippen LogP contribution in [0.5, 0.6) is 0 Å². The summed E-state index contributed by atoms with van der Waals surface area (Å²) in [6.07, 6.45) is 4.35. The van der Waals surface area contributed by atoms with Gasteiger partial charge in [0, 0.05) is 12.4 Å². The maximum absolute atomic E-state index is 10.6. The van der Waals surface area contributed by atoms with Crippen molar-refractivity contribution >= 4 is 11.6 Å². The van der Waals surface area contributed by atoms with E-state index in [2.05, 4.69) is 11.9 Å². The van der Waals surface area contributed by atoms with Gasteiger partial charge in [-0.1, -0.05) is 13.0 Å². The number of carboxylic acids is 1. The van der Waals surface area contributed by atoms with Crippen molar-refractivity contribution in [3.05, 3.63) is 35.8 Å². The molecule has 0 saturated heterocycles. The van der Waals surface area contributed by atoms with Gasteiger partial charge in [-0.05, 0) is 18.1 Å². The third kappa shape index (κ3) is 1.35. The first-order valence-electron chi connectivity index (χ1n) is 4.41. The standard InChI is InChI=1S/C10H10N2O2/c1-2-7-3-4-9-11-8(10(13)14)6-12(9)5-7/h3-6H,2H2,1H3,(H,13,14). The van der Waals surface area contributed by atoms with Crippen LogP contribution in [0.3, 0.4) is 0 Å². The molecule has 0 atom stereocenters. The Morgan fingerprint density at radius 1 is 1.50 bits per heavy atom. The lowest BCUT2D eigenvalue weighted by Gasteiger charge is -1.96. The summed E-state index contributed by atoms with van der Waals surface area (Å²) in [7, 11) is 0. The summed E-state index contributed by atoms with van der Waals surface area (Å²) < 4.78 is 1.74. The molecule has 2 aromatic heterocycles. The van der Waals surface area contributed by atoms with E-state index >= 15 is 0 Å². The van der Waals surface area contributed by atoms with Gasteiger partial charge in [-0.15, -0.1) is 0 Å². The molecule has 0 aliphatic heterocycles. The second-order valence-corrected chi connectivity index (χ2v) is 3.09. The largest absolute Gasteiger partial charge is 0.476 e. The fourth-order valence-electron chi connectivity index (χ4n) is 1.35. The number of carbonyl (C=O) groups is 1. The van der Waals surface area contributed by atoms with Crippen LogP contribution in [0.2, 0.25) is 0 Å². The van der Waals surface area contributed by atoms with Crippen molar-refractivity contribution in [1.82, 2.24) is 9.38 Å². The Morgan fingerprint density at radius 3 is 2.93 bits per heavy atom.